The molecular weight excluding hydrogens is 458 g/mol. The third-order valence-electron chi connectivity index (χ3n) is 5.87. The second-order valence-electron chi connectivity index (χ2n) is 8.91. The number of carbonyl (C=O) groups excluding carboxylic acids is 1. The second-order valence-corrected chi connectivity index (χ2v) is 9.99. The van der Waals surface area contributed by atoms with Crippen molar-refractivity contribution in [2.45, 2.75) is 33.0 Å². The number of hydrogen-bond acceptors (Lipinski definition) is 7. The lowest BCUT2D eigenvalue weighted by molar-refractivity contribution is -0.0778. The molecule has 5 rings (SSSR count). The fourth-order valence-corrected chi connectivity index (χ4v) is 5.56. The monoisotopic (exact) mass is 483 g/mol. The molecule has 1 aliphatic heterocycles. The molecule has 10 nitrogen and oxygen atoms in total. The van der Waals surface area contributed by atoms with Crippen molar-refractivity contribution >= 4 is 38.5 Å². The molecule has 1 saturated heterocycles. The summed E-state index contributed by atoms with van der Waals surface area (Å²) in [5.74, 6) is -0.355. The van der Waals surface area contributed by atoms with E-state index in [9.17, 15) is 19.5 Å². The number of aliphatic hydroxyl groups is 1. The largest absolute Gasteiger partial charge is 0.389 e. The van der Waals surface area contributed by atoms with Crippen LogP contribution in [0.3, 0.4) is 0 Å². The Morgan fingerprint density at radius 3 is 2.82 bits per heavy atom. The van der Waals surface area contributed by atoms with E-state index < -0.39 is 23.3 Å². The number of fused-ring (bicyclic) bond motifs is 2. The van der Waals surface area contributed by atoms with E-state index in [2.05, 4.69) is 4.98 Å². The standard InChI is InChI=1S/C23H25N5O5S/c1-13(2)9-27-22-18(20(30)25(3)23(27)32)17(21(31)28-10-15(29)12-33-28)16(34-22)11-26-8-6-14-5-4-7-24-19(14)26/h4-8,13,15,29H,9-12H2,1-3H3. The molecular formula is C23H25N5O5S. The predicted molar refractivity (Wildman–Crippen MR) is 128 cm³/mol. The maximum Gasteiger partial charge on any atom is 0.331 e. The van der Waals surface area contributed by atoms with E-state index in [1.54, 1.807) is 10.8 Å². The van der Waals surface area contributed by atoms with E-state index >= 15 is 0 Å². The van der Waals surface area contributed by atoms with E-state index in [-0.39, 0.29) is 36.6 Å². The van der Waals surface area contributed by atoms with Gasteiger partial charge < -0.3 is 9.67 Å². The highest BCUT2D eigenvalue weighted by atomic mass is 32.1. The van der Waals surface area contributed by atoms with Gasteiger partial charge in [0.05, 0.1) is 24.0 Å². The molecule has 11 heteroatoms. The molecule has 4 aromatic rings. The van der Waals surface area contributed by atoms with Crippen LogP contribution >= 0.6 is 11.3 Å². The molecule has 1 unspecified atom stereocenters. The van der Waals surface area contributed by atoms with Gasteiger partial charge >= 0.3 is 5.69 Å². The first kappa shape index (κ1) is 22.5. The SMILES string of the molecule is CC(C)Cn1c(=O)n(C)c(=O)c2c(C(=O)N3CC(O)CO3)c(Cn3ccc4cccnc43)sc21. The molecule has 1 atom stereocenters. The third kappa shape index (κ3) is 3.65. The minimum Gasteiger partial charge on any atom is -0.389 e. The molecule has 1 fully saturated rings. The molecule has 0 bridgehead atoms. The van der Waals surface area contributed by atoms with Gasteiger partial charge in [-0.2, -0.15) is 0 Å². The maximum atomic E-state index is 13.6. The summed E-state index contributed by atoms with van der Waals surface area (Å²) in [6, 6.07) is 5.74. The normalized spacial score (nSPS) is 16.4. The van der Waals surface area contributed by atoms with Crippen LogP contribution in [0.25, 0.3) is 21.3 Å². The second kappa shape index (κ2) is 8.49. The van der Waals surface area contributed by atoms with Crippen molar-refractivity contribution in [2.75, 3.05) is 13.2 Å². The topological polar surface area (TPSA) is 112 Å². The number of aliphatic hydroxyl groups excluding tert-OH is 1. The van der Waals surface area contributed by atoms with Crippen molar-refractivity contribution in [1.29, 1.82) is 0 Å². The Morgan fingerprint density at radius 2 is 2.12 bits per heavy atom. The van der Waals surface area contributed by atoms with Gasteiger partial charge in [-0.25, -0.2) is 14.8 Å². The number of thiophene rings is 1. The summed E-state index contributed by atoms with van der Waals surface area (Å²) in [5, 5.41) is 12.1. The number of aromatic nitrogens is 4. The van der Waals surface area contributed by atoms with E-state index in [0.717, 1.165) is 20.7 Å². The molecule has 178 valence electrons. The molecule has 0 aromatic carbocycles. The van der Waals surface area contributed by atoms with Gasteiger partial charge in [0.15, 0.2) is 0 Å². The van der Waals surface area contributed by atoms with Gasteiger partial charge in [0.1, 0.15) is 23.2 Å². The number of pyridine rings is 1. The van der Waals surface area contributed by atoms with Gasteiger partial charge in [-0.05, 0) is 24.1 Å². The van der Waals surface area contributed by atoms with Gasteiger partial charge in [-0.3, -0.25) is 23.6 Å². The number of hydrogen-bond donors (Lipinski definition) is 1. The Balaban J connectivity index is 1.76. The zero-order valence-corrected chi connectivity index (χ0v) is 19.9. The average molecular weight is 484 g/mol. The number of rotatable bonds is 5. The highest BCUT2D eigenvalue weighted by Crippen LogP contribution is 2.32. The van der Waals surface area contributed by atoms with Gasteiger partial charge in [-0.1, -0.05) is 13.8 Å². The lowest BCUT2D eigenvalue weighted by Crippen LogP contribution is -2.39. The van der Waals surface area contributed by atoms with Crippen LogP contribution in [0.15, 0.2) is 40.2 Å². The van der Waals surface area contributed by atoms with E-state index in [0.29, 0.717) is 16.3 Å². The summed E-state index contributed by atoms with van der Waals surface area (Å²) >= 11 is 1.26. The summed E-state index contributed by atoms with van der Waals surface area (Å²) in [6.45, 7) is 4.68. The smallest absolute Gasteiger partial charge is 0.331 e. The van der Waals surface area contributed by atoms with Crippen LogP contribution in [-0.2, 0) is 25.0 Å². The molecule has 1 N–H and O–H groups in total. The van der Waals surface area contributed by atoms with Crippen LogP contribution in [0.2, 0.25) is 0 Å². The number of amides is 1. The van der Waals surface area contributed by atoms with Crippen molar-refractivity contribution in [3.8, 4) is 0 Å². The first-order valence-corrected chi connectivity index (χ1v) is 11.9. The molecule has 0 spiro atoms. The zero-order chi connectivity index (χ0) is 24.1. The van der Waals surface area contributed by atoms with Crippen molar-refractivity contribution in [2.24, 2.45) is 13.0 Å². The zero-order valence-electron chi connectivity index (χ0n) is 19.1. The summed E-state index contributed by atoms with van der Waals surface area (Å²) in [4.78, 5) is 50.8. The van der Waals surface area contributed by atoms with Crippen LogP contribution in [0, 0.1) is 5.92 Å². The van der Waals surface area contributed by atoms with Crippen LogP contribution in [0.5, 0.6) is 0 Å². The predicted octanol–water partition coefficient (Wildman–Crippen LogP) is 1.56. The van der Waals surface area contributed by atoms with E-state index in [1.165, 1.54) is 18.4 Å². The minimum atomic E-state index is -0.795. The van der Waals surface area contributed by atoms with Crippen LogP contribution < -0.4 is 11.2 Å². The number of hydroxylamine groups is 2. The fraction of sp³-hybridized carbons (Fsp3) is 0.391. The minimum absolute atomic E-state index is 0.00533. The lowest BCUT2D eigenvalue weighted by Gasteiger charge is -2.15. The van der Waals surface area contributed by atoms with Gasteiger partial charge in [-0.15, -0.1) is 11.3 Å². The molecule has 0 radical (unpaired) electrons. The first-order valence-electron chi connectivity index (χ1n) is 11.0. The van der Waals surface area contributed by atoms with Crippen molar-refractivity contribution < 1.29 is 14.7 Å². The Kier molecular flexibility index (Phi) is 5.62. The van der Waals surface area contributed by atoms with E-state index in [4.69, 9.17) is 4.84 Å². The molecule has 0 saturated carbocycles. The summed E-state index contributed by atoms with van der Waals surface area (Å²) < 4.78 is 4.52. The fourth-order valence-electron chi connectivity index (χ4n) is 4.28. The highest BCUT2D eigenvalue weighted by Gasteiger charge is 2.33. The van der Waals surface area contributed by atoms with Crippen LogP contribution in [-0.4, -0.2) is 54.0 Å². The highest BCUT2D eigenvalue weighted by molar-refractivity contribution is 7.19. The van der Waals surface area contributed by atoms with Gasteiger partial charge in [0, 0.05) is 36.2 Å². The number of carbonyl (C=O) groups is 1. The quantitative estimate of drug-likeness (QED) is 0.461. The Bertz CT molecular complexity index is 1530. The third-order valence-corrected chi connectivity index (χ3v) is 7.07. The van der Waals surface area contributed by atoms with Gasteiger partial charge in [0.25, 0.3) is 11.5 Å². The van der Waals surface area contributed by atoms with Crippen LogP contribution in [0.1, 0.15) is 29.1 Å². The number of β-amino-alcohol motifs (C(OH)–C–C–N with tert-alkyl or cyclic N) is 1. The van der Waals surface area contributed by atoms with Crippen molar-refractivity contribution in [3.05, 3.63) is 61.9 Å². The van der Waals surface area contributed by atoms with Crippen molar-refractivity contribution in [1.82, 2.24) is 23.7 Å². The van der Waals surface area contributed by atoms with Crippen molar-refractivity contribution in [3.63, 3.8) is 0 Å². The average Bonchev–Trinajstić information content (AvgIpc) is 3.52. The Hall–Kier alpha value is -3.28. The Labute approximate surface area is 198 Å². The lowest BCUT2D eigenvalue weighted by atomic mass is 10.1. The molecule has 1 amide bonds. The molecule has 1 aliphatic rings. The molecule has 34 heavy (non-hydrogen) atoms. The first-order chi connectivity index (χ1) is 16.3. The molecule has 5 heterocycles. The molecule has 4 aromatic heterocycles. The number of nitrogens with zero attached hydrogens (tertiary/aromatic N) is 5. The van der Waals surface area contributed by atoms with Gasteiger partial charge in [0.2, 0.25) is 0 Å². The summed E-state index contributed by atoms with van der Waals surface area (Å²) in [6.07, 6.45) is 2.79. The maximum absolute atomic E-state index is 13.6. The molecule has 0 aliphatic carbocycles. The van der Waals surface area contributed by atoms with Crippen LogP contribution in [0.4, 0.5) is 0 Å². The summed E-state index contributed by atoms with van der Waals surface area (Å²) in [5.41, 5.74) is 0.00340. The van der Waals surface area contributed by atoms with E-state index in [1.807, 2.05) is 42.8 Å². The Morgan fingerprint density at radius 1 is 1.32 bits per heavy atom. The summed E-state index contributed by atoms with van der Waals surface area (Å²) in [7, 11) is 1.42.